The topological polar surface area (TPSA) is 55.6 Å². The quantitative estimate of drug-likeness (QED) is 0.869. The number of anilines is 1. The Kier molecular flexibility index (Phi) is 3.37. The number of rotatable bonds is 4. The minimum atomic E-state index is 0.662. The summed E-state index contributed by atoms with van der Waals surface area (Å²) < 4.78 is 2.12. The first kappa shape index (κ1) is 11.6. The fourth-order valence-corrected chi connectivity index (χ4v) is 1.79. The SMILES string of the molecule is CCn1ccnc1Cc1cc(C)nc(NC)n1. The summed E-state index contributed by atoms with van der Waals surface area (Å²) in [5.41, 5.74) is 1.96. The molecule has 0 spiro atoms. The summed E-state index contributed by atoms with van der Waals surface area (Å²) >= 11 is 0. The van der Waals surface area contributed by atoms with E-state index in [-0.39, 0.29) is 0 Å². The second kappa shape index (κ2) is 4.95. The summed E-state index contributed by atoms with van der Waals surface area (Å²) in [6, 6.07) is 2.00. The van der Waals surface area contributed by atoms with Gasteiger partial charge < -0.3 is 9.88 Å². The third-order valence-corrected chi connectivity index (χ3v) is 2.61. The molecule has 0 aliphatic carbocycles. The zero-order chi connectivity index (χ0) is 12.3. The van der Waals surface area contributed by atoms with Gasteiger partial charge in [-0.3, -0.25) is 0 Å². The zero-order valence-electron chi connectivity index (χ0n) is 10.4. The van der Waals surface area contributed by atoms with Gasteiger partial charge in [0.1, 0.15) is 5.82 Å². The summed E-state index contributed by atoms with van der Waals surface area (Å²) in [6.45, 7) is 5.01. The van der Waals surface area contributed by atoms with Crippen LogP contribution in [0.3, 0.4) is 0 Å². The van der Waals surface area contributed by atoms with Gasteiger partial charge in [-0.15, -0.1) is 0 Å². The van der Waals surface area contributed by atoms with E-state index in [1.54, 1.807) is 0 Å². The second-order valence-electron chi connectivity index (χ2n) is 3.88. The molecule has 1 N–H and O–H groups in total. The van der Waals surface area contributed by atoms with Crippen LogP contribution in [0.5, 0.6) is 0 Å². The van der Waals surface area contributed by atoms with Crippen molar-refractivity contribution >= 4 is 5.95 Å². The summed E-state index contributed by atoms with van der Waals surface area (Å²) in [7, 11) is 1.82. The van der Waals surface area contributed by atoms with E-state index in [1.807, 2.05) is 32.4 Å². The molecule has 0 saturated carbocycles. The van der Waals surface area contributed by atoms with Gasteiger partial charge in [0.2, 0.25) is 5.95 Å². The first-order valence-corrected chi connectivity index (χ1v) is 5.75. The lowest BCUT2D eigenvalue weighted by Gasteiger charge is -2.06. The predicted molar refractivity (Wildman–Crippen MR) is 67.0 cm³/mol. The first-order chi connectivity index (χ1) is 8.22. The Morgan fingerprint density at radius 2 is 2.18 bits per heavy atom. The van der Waals surface area contributed by atoms with Crippen molar-refractivity contribution in [3.05, 3.63) is 35.7 Å². The van der Waals surface area contributed by atoms with Crippen molar-refractivity contribution in [1.82, 2.24) is 19.5 Å². The number of aryl methyl sites for hydroxylation is 2. The molecule has 0 bridgehead atoms. The largest absolute Gasteiger partial charge is 0.357 e. The molecule has 2 aromatic heterocycles. The maximum atomic E-state index is 4.43. The average molecular weight is 231 g/mol. The number of nitrogens with one attached hydrogen (secondary N) is 1. The maximum absolute atomic E-state index is 4.43. The molecular weight excluding hydrogens is 214 g/mol. The molecule has 5 nitrogen and oxygen atoms in total. The van der Waals surface area contributed by atoms with Crippen molar-refractivity contribution in [2.75, 3.05) is 12.4 Å². The van der Waals surface area contributed by atoms with Crippen LogP contribution in [0.25, 0.3) is 0 Å². The lowest BCUT2D eigenvalue weighted by molar-refractivity contribution is 0.708. The summed E-state index contributed by atoms with van der Waals surface area (Å²) in [5.74, 6) is 1.70. The smallest absolute Gasteiger partial charge is 0.222 e. The van der Waals surface area contributed by atoms with Crippen LogP contribution in [0.4, 0.5) is 5.95 Å². The van der Waals surface area contributed by atoms with Gasteiger partial charge in [0.25, 0.3) is 0 Å². The lowest BCUT2D eigenvalue weighted by atomic mass is 10.2. The molecule has 0 atom stereocenters. The van der Waals surface area contributed by atoms with Gasteiger partial charge in [-0.05, 0) is 19.9 Å². The Hall–Kier alpha value is -1.91. The Morgan fingerprint density at radius 3 is 2.88 bits per heavy atom. The number of hydrogen-bond donors (Lipinski definition) is 1. The highest BCUT2D eigenvalue weighted by atomic mass is 15.1. The molecule has 0 fully saturated rings. The number of nitrogens with zero attached hydrogens (tertiary/aromatic N) is 4. The Bertz CT molecular complexity index is 503. The van der Waals surface area contributed by atoms with Crippen molar-refractivity contribution in [1.29, 1.82) is 0 Å². The predicted octanol–water partition coefficient (Wildman–Crippen LogP) is 1.63. The van der Waals surface area contributed by atoms with Crippen LogP contribution in [-0.2, 0) is 13.0 Å². The van der Waals surface area contributed by atoms with E-state index in [0.29, 0.717) is 5.95 Å². The van der Waals surface area contributed by atoms with Crippen molar-refractivity contribution < 1.29 is 0 Å². The molecule has 17 heavy (non-hydrogen) atoms. The van der Waals surface area contributed by atoms with E-state index in [2.05, 4.69) is 31.8 Å². The van der Waals surface area contributed by atoms with Gasteiger partial charge in [-0.25, -0.2) is 15.0 Å². The van der Waals surface area contributed by atoms with Crippen LogP contribution in [0.1, 0.15) is 24.1 Å². The molecule has 90 valence electrons. The summed E-state index contributed by atoms with van der Waals surface area (Å²) in [5, 5.41) is 2.97. The van der Waals surface area contributed by atoms with Crippen LogP contribution in [0.15, 0.2) is 18.5 Å². The van der Waals surface area contributed by atoms with Crippen LogP contribution >= 0.6 is 0 Å². The molecule has 0 saturated heterocycles. The van der Waals surface area contributed by atoms with Gasteiger partial charge in [0.15, 0.2) is 0 Å². The molecule has 0 aromatic carbocycles. The Balaban J connectivity index is 2.26. The monoisotopic (exact) mass is 231 g/mol. The van der Waals surface area contributed by atoms with Gasteiger partial charge >= 0.3 is 0 Å². The molecule has 0 amide bonds. The molecule has 2 heterocycles. The van der Waals surface area contributed by atoms with E-state index in [1.165, 1.54) is 0 Å². The van der Waals surface area contributed by atoms with Crippen LogP contribution in [0, 0.1) is 6.92 Å². The minimum Gasteiger partial charge on any atom is -0.357 e. The van der Waals surface area contributed by atoms with E-state index < -0.39 is 0 Å². The highest BCUT2D eigenvalue weighted by Crippen LogP contribution is 2.09. The third-order valence-electron chi connectivity index (χ3n) is 2.61. The van der Waals surface area contributed by atoms with Crippen LogP contribution < -0.4 is 5.32 Å². The minimum absolute atomic E-state index is 0.662. The van der Waals surface area contributed by atoms with Crippen molar-refractivity contribution in [3.8, 4) is 0 Å². The normalized spacial score (nSPS) is 10.5. The lowest BCUT2D eigenvalue weighted by Crippen LogP contribution is -2.06. The van der Waals surface area contributed by atoms with Crippen molar-refractivity contribution in [3.63, 3.8) is 0 Å². The van der Waals surface area contributed by atoms with Crippen molar-refractivity contribution in [2.45, 2.75) is 26.8 Å². The fourth-order valence-electron chi connectivity index (χ4n) is 1.79. The number of aromatic nitrogens is 4. The molecule has 2 aromatic rings. The number of hydrogen-bond acceptors (Lipinski definition) is 4. The van der Waals surface area contributed by atoms with Gasteiger partial charge in [0.05, 0.1) is 5.69 Å². The fraction of sp³-hybridized carbons (Fsp3) is 0.417. The van der Waals surface area contributed by atoms with Crippen molar-refractivity contribution in [2.24, 2.45) is 0 Å². The Morgan fingerprint density at radius 1 is 1.35 bits per heavy atom. The second-order valence-corrected chi connectivity index (χ2v) is 3.88. The van der Waals surface area contributed by atoms with Gasteiger partial charge in [0, 0.05) is 38.1 Å². The molecule has 0 unspecified atom stereocenters. The third kappa shape index (κ3) is 2.61. The van der Waals surface area contributed by atoms with Gasteiger partial charge in [-0.2, -0.15) is 0 Å². The molecular formula is C12H17N5. The van der Waals surface area contributed by atoms with E-state index >= 15 is 0 Å². The van der Waals surface area contributed by atoms with Gasteiger partial charge in [-0.1, -0.05) is 0 Å². The average Bonchev–Trinajstić information content (AvgIpc) is 2.75. The highest BCUT2D eigenvalue weighted by Gasteiger charge is 2.06. The maximum Gasteiger partial charge on any atom is 0.222 e. The van der Waals surface area contributed by atoms with E-state index in [9.17, 15) is 0 Å². The molecule has 5 heteroatoms. The molecule has 0 aliphatic rings. The molecule has 0 aliphatic heterocycles. The standard InChI is InChI=1S/C12H17N5/c1-4-17-6-5-14-11(17)8-10-7-9(2)15-12(13-3)16-10/h5-7H,4,8H2,1-3H3,(H,13,15,16). The van der Waals surface area contributed by atoms with E-state index in [4.69, 9.17) is 0 Å². The number of imidazole rings is 1. The van der Waals surface area contributed by atoms with Crippen LogP contribution in [0.2, 0.25) is 0 Å². The first-order valence-electron chi connectivity index (χ1n) is 5.75. The highest BCUT2D eigenvalue weighted by molar-refractivity contribution is 5.28. The summed E-state index contributed by atoms with van der Waals surface area (Å²) in [4.78, 5) is 13.1. The zero-order valence-corrected chi connectivity index (χ0v) is 10.4. The van der Waals surface area contributed by atoms with E-state index in [0.717, 1.165) is 30.2 Å². The molecule has 2 rings (SSSR count). The summed E-state index contributed by atoms with van der Waals surface area (Å²) in [6.07, 6.45) is 4.55. The Labute approximate surface area is 101 Å². The van der Waals surface area contributed by atoms with Crippen LogP contribution in [-0.4, -0.2) is 26.6 Å². The molecule has 0 radical (unpaired) electrons.